The zero-order chi connectivity index (χ0) is 11.3. The van der Waals surface area contributed by atoms with E-state index in [4.69, 9.17) is 4.74 Å². The zero-order valence-electron chi connectivity index (χ0n) is 9.10. The lowest BCUT2D eigenvalue weighted by molar-refractivity contribution is 0.260. The molecule has 0 aliphatic heterocycles. The van der Waals surface area contributed by atoms with Gasteiger partial charge in [0, 0.05) is 0 Å². The standard InChI is InChI=1S/C13H16O2/c1-10(2)13(14)8-7-11-5-4-6-12(9-11)15-3/h4-9,13-14H,1H2,2-3H3/b8-7+. The average Bonchev–Trinajstić information content (AvgIpc) is 2.26. The summed E-state index contributed by atoms with van der Waals surface area (Å²) >= 11 is 0. The molecule has 0 aliphatic rings. The van der Waals surface area contributed by atoms with Gasteiger partial charge in [-0.2, -0.15) is 0 Å². The third-order valence-corrected chi connectivity index (χ3v) is 2.07. The molecule has 1 aromatic carbocycles. The summed E-state index contributed by atoms with van der Waals surface area (Å²) in [6, 6.07) is 7.64. The van der Waals surface area contributed by atoms with E-state index >= 15 is 0 Å². The summed E-state index contributed by atoms with van der Waals surface area (Å²) in [4.78, 5) is 0. The molecule has 1 unspecified atom stereocenters. The van der Waals surface area contributed by atoms with Crippen molar-refractivity contribution in [3.8, 4) is 5.75 Å². The van der Waals surface area contributed by atoms with Crippen molar-refractivity contribution in [3.05, 3.63) is 48.1 Å². The Bertz CT molecular complexity index is 367. The Morgan fingerprint density at radius 2 is 2.27 bits per heavy atom. The molecule has 2 nitrogen and oxygen atoms in total. The van der Waals surface area contributed by atoms with E-state index < -0.39 is 6.10 Å². The molecule has 0 fully saturated rings. The summed E-state index contributed by atoms with van der Waals surface area (Å²) in [5.74, 6) is 0.807. The van der Waals surface area contributed by atoms with Gasteiger partial charge in [0.05, 0.1) is 13.2 Å². The van der Waals surface area contributed by atoms with Crippen LogP contribution in [-0.4, -0.2) is 18.3 Å². The molecule has 0 spiro atoms. The highest BCUT2D eigenvalue weighted by atomic mass is 16.5. The van der Waals surface area contributed by atoms with Gasteiger partial charge < -0.3 is 9.84 Å². The van der Waals surface area contributed by atoms with Crippen molar-refractivity contribution in [1.29, 1.82) is 0 Å². The second-order valence-electron chi connectivity index (χ2n) is 3.43. The number of ether oxygens (including phenoxy) is 1. The van der Waals surface area contributed by atoms with Crippen molar-refractivity contribution >= 4 is 6.08 Å². The molecule has 1 rings (SSSR count). The van der Waals surface area contributed by atoms with Gasteiger partial charge in [0.2, 0.25) is 0 Å². The SMILES string of the molecule is C=C(C)C(O)/C=C/c1cccc(OC)c1. The maximum Gasteiger partial charge on any atom is 0.119 e. The third kappa shape index (κ3) is 3.60. The van der Waals surface area contributed by atoms with Gasteiger partial charge in [0.25, 0.3) is 0 Å². The summed E-state index contributed by atoms with van der Waals surface area (Å²) in [6.07, 6.45) is 2.97. The highest BCUT2D eigenvalue weighted by Gasteiger charge is 1.98. The molecule has 1 N–H and O–H groups in total. The fourth-order valence-electron chi connectivity index (χ4n) is 1.11. The van der Waals surface area contributed by atoms with Crippen LogP contribution in [-0.2, 0) is 0 Å². The van der Waals surface area contributed by atoms with Crippen molar-refractivity contribution < 1.29 is 9.84 Å². The topological polar surface area (TPSA) is 29.5 Å². The minimum atomic E-state index is -0.587. The molecule has 0 aliphatic carbocycles. The normalized spacial score (nSPS) is 12.7. The van der Waals surface area contributed by atoms with Crippen molar-refractivity contribution in [2.75, 3.05) is 7.11 Å². The molecule has 15 heavy (non-hydrogen) atoms. The Kier molecular flexibility index (Phi) is 4.13. The van der Waals surface area contributed by atoms with Crippen molar-refractivity contribution in [1.82, 2.24) is 0 Å². The second kappa shape index (κ2) is 5.37. The largest absolute Gasteiger partial charge is 0.497 e. The van der Waals surface area contributed by atoms with E-state index in [2.05, 4.69) is 6.58 Å². The molecule has 0 aromatic heterocycles. The van der Waals surface area contributed by atoms with Gasteiger partial charge in [0.1, 0.15) is 5.75 Å². The van der Waals surface area contributed by atoms with Crippen LogP contribution in [0.5, 0.6) is 5.75 Å². The Labute approximate surface area is 90.5 Å². The molecular formula is C13H16O2. The number of hydrogen-bond acceptors (Lipinski definition) is 2. The summed E-state index contributed by atoms with van der Waals surface area (Å²) in [5, 5.41) is 9.50. The predicted octanol–water partition coefficient (Wildman–Crippen LogP) is 2.65. The lowest BCUT2D eigenvalue weighted by Crippen LogP contribution is -2.01. The number of hydrogen-bond donors (Lipinski definition) is 1. The van der Waals surface area contributed by atoms with Crippen LogP contribution in [0.25, 0.3) is 6.08 Å². The fraction of sp³-hybridized carbons (Fsp3) is 0.231. The van der Waals surface area contributed by atoms with E-state index in [1.165, 1.54) is 0 Å². The van der Waals surface area contributed by atoms with E-state index in [0.29, 0.717) is 0 Å². The maximum atomic E-state index is 9.50. The highest BCUT2D eigenvalue weighted by Crippen LogP contribution is 2.14. The quantitative estimate of drug-likeness (QED) is 0.764. The predicted molar refractivity (Wildman–Crippen MR) is 62.8 cm³/mol. The smallest absolute Gasteiger partial charge is 0.119 e. The highest BCUT2D eigenvalue weighted by molar-refractivity contribution is 5.52. The van der Waals surface area contributed by atoms with Crippen molar-refractivity contribution in [2.45, 2.75) is 13.0 Å². The lowest BCUT2D eigenvalue weighted by atomic mass is 10.1. The molecule has 0 saturated heterocycles. The summed E-state index contributed by atoms with van der Waals surface area (Å²) < 4.78 is 5.10. The average molecular weight is 204 g/mol. The number of aliphatic hydroxyl groups excluding tert-OH is 1. The van der Waals surface area contributed by atoms with Gasteiger partial charge >= 0.3 is 0 Å². The molecule has 0 radical (unpaired) electrons. The van der Waals surface area contributed by atoms with Crippen LogP contribution >= 0.6 is 0 Å². The van der Waals surface area contributed by atoms with Crippen molar-refractivity contribution in [2.24, 2.45) is 0 Å². The third-order valence-electron chi connectivity index (χ3n) is 2.07. The second-order valence-corrected chi connectivity index (χ2v) is 3.43. The van der Waals surface area contributed by atoms with E-state index in [0.717, 1.165) is 16.9 Å². The lowest BCUT2D eigenvalue weighted by Gasteiger charge is -2.04. The van der Waals surface area contributed by atoms with E-state index in [-0.39, 0.29) is 0 Å². The van der Waals surface area contributed by atoms with E-state index in [1.807, 2.05) is 30.3 Å². The first-order chi connectivity index (χ1) is 7.13. The van der Waals surface area contributed by atoms with Gasteiger partial charge in [-0.1, -0.05) is 30.9 Å². The minimum absolute atomic E-state index is 0.587. The molecule has 0 saturated carbocycles. The van der Waals surface area contributed by atoms with Gasteiger partial charge in [-0.25, -0.2) is 0 Å². The van der Waals surface area contributed by atoms with Crippen LogP contribution in [0.15, 0.2) is 42.5 Å². The number of benzene rings is 1. The van der Waals surface area contributed by atoms with Gasteiger partial charge in [-0.15, -0.1) is 0 Å². The van der Waals surface area contributed by atoms with Gasteiger partial charge in [0.15, 0.2) is 0 Å². The van der Waals surface area contributed by atoms with Gasteiger partial charge in [-0.3, -0.25) is 0 Å². The molecular weight excluding hydrogens is 188 g/mol. The Morgan fingerprint density at radius 1 is 1.53 bits per heavy atom. The Morgan fingerprint density at radius 3 is 2.87 bits per heavy atom. The minimum Gasteiger partial charge on any atom is -0.497 e. The Hall–Kier alpha value is -1.54. The molecule has 0 heterocycles. The van der Waals surface area contributed by atoms with Crippen LogP contribution < -0.4 is 4.74 Å². The van der Waals surface area contributed by atoms with Crippen LogP contribution in [0.1, 0.15) is 12.5 Å². The fourth-order valence-corrected chi connectivity index (χ4v) is 1.11. The first kappa shape index (κ1) is 11.5. The van der Waals surface area contributed by atoms with Crippen LogP contribution in [0.4, 0.5) is 0 Å². The molecule has 80 valence electrons. The summed E-state index contributed by atoms with van der Waals surface area (Å²) in [5.41, 5.74) is 1.73. The Balaban J connectivity index is 2.75. The van der Waals surface area contributed by atoms with Gasteiger partial charge in [-0.05, 0) is 30.2 Å². The number of methoxy groups -OCH3 is 1. The van der Waals surface area contributed by atoms with E-state index in [9.17, 15) is 5.11 Å². The van der Waals surface area contributed by atoms with Crippen LogP contribution in [0.2, 0.25) is 0 Å². The van der Waals surface area contributed by atoms with E-state index in [1.54, 1.807) is 20.1 Å². The number of rotatable bonds is 4. The molecule has 0 amide bonds. The molecule has 2 heteroatoms. The number of aliphatic hydroxyl groups is 1. The summed E-state index contributed by atoms with van der Waals surface area (Å²) in [6.45, 7) is 5.47. The first-order valence-corrected chi connectivity index (χ1v) is 4.79. The summed E-state index contributed by atoms with van der Waals surface area (Å²) in [7, 11) is 1.63. The molecule has 0 bridgehead atoms. The zero-order valence-corrected chi connectivity index (χ0v) is 9.10. The van der Waals surface area contributed by atoms with Crippen molar-refractivity contribution in [3.63, 3.8) is 0 Å². The monoisotopic (exact) mass is 204 g/mol. The van der Waals surface area contributed by atoms with Crippen LogP contribution in [0.3, 0.4) is 0 Å². The molecule has 1 aromatic rings. The molecule has 1 atom stereocenters. The first-order valence-electron chi connectivity index (χ1n) is 4.79. The maximum absolute atomic E-state index is 9.50. The van der Waals surface area contributed by atoms with Crippen LogP contribution in [0, 0.1) is 0 Å².